The number of aromatic amines is 1. The summed E-state index contributed by atoms with van der Waals surface area (Å²) in [6, 6.07) is 5.40. The van der Waals surface area contributed by atoms with E-state index in [2.05, 4.69) is 15.0 Å². The van der Waals surface area contributed by atoms with Crippen LogP contribution in [-0.2, 0) is 9.53 Å². The van der Waals surface area contributed by atoms with E-state index in [4.69, 9.17) is 0 Å². The molecule has 2 aromatic heterocycles. The Kier molecular flexibility index (Phi) is 2.72. The first-order chi connectivity index (χ1) is 9.19. The second-order valence-electron chi connectivity index (χ2n) is 3.98. The van der Waals surface area contributed by atoms with Gasteiger partial charge in [-0.05, 0) is 24.3 Å². The summed E-state index contributed by atoms with van der Waals surface area (Å²) in [5.41, 5.74) is 2.12. The van der Waals surface area contributed by atoms with Gasteiger partial charge in [0.15, 0.2) is 0 Å². The van der Waals surface area contributed by atoms with Crippen molar-refractivity contribution in [3.8, 4) is 0 Å². The number of aromatic nitrogens is 1. The number of fused-ring (bicyclic) bond motifs is 1. The van der Waals surface area contributed by atoms with Crippen molar-refractivity contribution in [1.82, 2.24) is 4.98 Å². The lowest BCUT2D eigenvalue weighted by Gasteiger charge is -1.96. The van der Waals surface area contributed by atoms with Gasteiger partial charge in [-0.25, -0.2) is 4.79 Å². The topological polar surface area (TPSA) is 71.2 Å². The second kappa shape index (κ2) is 4.40. The van der Waals surface area contributed by atoms with E-state index in [1.54, 1.807) is 18.3 Å². The van der Waals surface area contributed by atoms with E-state index in [0.717, 1.165) is 11.3 Å². The van der Waals surface area contributed by atoms with Gasteiger partial charge in [0, 0.05) is 17.5 Å². The molecule has 0 radical (unpaired) electrons. The quantitative estimate of drug-likeness (QED) is 0.652. The van der Waals surface area contributed by atoms with E-state index in [0.29, 0.717) is 15.5 Å². The van der Waals surface area contributed by atoms with Gasteiger partial charge >= 0.3 is 5.97 Å². The van der Waals surface area contributed by atoms with E-state index in [9.17, 15) is 9.59 Å². The molecule has 96 valence electrons. The van der Waals surface area contributed by atoms with Gasteiger partial charge in [-0.1, -0.05) is 0 Å². The molecule has 2 N–H and O–H groups in total. The lowest BCUT2D eigenvalue weighted by molar-refractivity contribution is -0.110. The van der Waals surface area contributed by atoms with Crippen LogP contribution >= 0.6 is 11.3 Å². The third-order valence-corrected chi connectivity index (χ3v) is 3.83. The molecule has 0 spiro atoms. The molecule has 0 atom stereocenters. The first kappa shape index (κ1) is 11.7. The Morgan fingerprint density at radius 3 is 3.00 bits per heavy atom. The first-order valence-electron chi connectivity index (χ1n) is 5.58. The number of amides is 1. The highest BCUT2D eigenvalue weighted by atomic mass is 32.1. The average molecular weight is 274 g/mol. The van der Waals surface area contributed by atoms with Crippen LogP contribution in [-0.4, -0.2) is 24.0 Å². The summed E-state index contributed by atoms with van der Waals surface area (Å²) in [4.78, 5) is 26.8. The zero-order valence-electron chi connectivity index (χ0n) is 10.0. The number of ether oxygens (including phenoxy) is 1. The lowest BCUT2D eigenvalue weighted by atomic mass is 10.1. The Morgan fingerprint density at radius 2 is 2.32 bits per heavy atom. The van der Waals surface area contributed by atoms with E-state index < -0.39 is 5.97 Å². The van der Waals surface area contributed by atoms with Gasteiger partial charge < -0.3 is 15.0 Å². The summed E-state index contributed by atoms with van der Waals surface area (Å²) in [7, 11) is 1.33. The number of hydrogen-bond donors (Lipinski definition) is 2. The van der Waals surface area contributed by atoms with Crippen LogP contribution in [0, 0.1) is 0 Å². The molecule has 0 fully saturated rings. The molecule has 3 heterocycles. The van der Waals surface area contributed by atoms with Gasteiger partial charge in [0.2, 0.25) is 0 Å². The Balaban J connectivity index is 2.03. The van der Waals surface area contributed by atoms with Gasteiger partial charge in [-0.3, -0.25) is 4.79 Å². The normalized spacial score (nSPS) is 15.4. The lowest BCUT2D eigenvalue weighted by Crippen LogP contribution is -2.04. The molecule has 3 rings (SSSR count). The third kappa shape index (κ3) is 1.96. The van der Waals surface area contributed by atoms with E-state index >= 15 is 0 Å². The monoisotopic (exact) mass is 274 g/mol. The fourth-order valence-electron chi connectivity index (χ4n) is 1.91. The van der Waals surface area contributed by atoms with Crippen molar-refractivity contribution in [2.75, 3.05) is 12.4 Å². The van der Waals surface area contributed by atoms with E-state index in [-0.39, 0.29) is 5.91 Å². The van der Waals surface area contributed by atoms with E-state index in [1.165, 1.54) is 18.4 Å². The van der Waals surface area contributed by atoms with Crippen molar-refractivity contribution in [1.29, 1.82) is 0 Å². The average Bonchev–Trinajstić information content (AvgIpc) is 3.08. The number of esters is 1. The number of nitrogens with one attached hydrogen (secondary N) is 2. The van der Waals surface area contributed by atoms with Crippen molar-refractivity contribution in [2.24, 2.45) is 0 Å². The van der Waals surface area contributed by atoms with Crippen LogP contribution in [0.15, 0.2) is 24.4 Å². The molecule has 0 saturated carbocycles. The minimum Gasteiger partial charge on any atom is -0.465 e. The number of carbonyl (C=O) groups is 2. The summed E-state index contributed by atoms with van der Waals surface area (Å²) >= 11 is 1.22. The first-order valence-corrected chi connectivity index (χ1v) is 6.39. The highest BCUT2D eigenvalue weighted by Crippen LogP contribution is 2.39. The molecule has 1 amide bonds. The maximum absolute atomic E-state index is 11.9. The maximum Gasteiger partial charge on any atom is 0.348 e. The molecule has 1 aliphatic rings. The standard InChI is InChI=1S/C13H10N2O3S/c1-18-13(17)10-6-9-8(5-7-3-2-4-14-7)11(16)15-12(9)19-10/h2-6,14H,1H3,(H,15,16). The van der Waals surface area contributed by atoms with Crippen LogP contribution in [0.2, 0.25) is 0 Å². The third-order valence-electron chi connectivity index (χ3n) is 2.80. The van der Waals surface area contributed by atoms with Crippen molar-refractivity contribution in [2.45, 2.75) is 0 Å². The van der Waals surface area contributed by atoms with Crippen molar-refractivity contribution in [3.63, 3.8) is 0 Å². The van der Waals surface area contributed by atoms with Crippen molar-refractivity contribution < 1.29 is 14.3 Å². The fraction of sp³-hybridized carbons (Fsp3) is 0.0769. The highest BCUT2D eigenvalue weighted by Gasteiger charge is 2.28. The summed E-state index contributed by atoms with van der Waals surface area (Å²) in [6.45, 7) is 0. The second-order valence-corrected chi connectivity index (χ2v) is 5.03. The summed E-state index contributed by atoms with van der Waals surface area (Å²) in [5.74, 6) is -0.555. The molecule has 0 bridgehead atoms. The van der Waals surface area contributed by atoms with Gasteiger partial charge in [-0.2, -0.15) is 0 Å². The molecule has 5 nitrogen and oxygen atoms in total. The molecule has 19 heavy (non-hydrogen) atoms. The SMILES string of the molecule is COC(=O)c1cc2c(s1)NC(=O)C2=Cc1ccc[nH]1. The number of hydrogen-bond acceptors (Lipinski definition) is 4. The predicted molar refractivity (Wildman–Crippen MR) is 73.0 cm³/mol. The molecule has 2 aromatic rings. The largest absolute Gasteiger partial charge is 0.465 e. The molecule has 6 heteroatoms. The minimum absolute atomic E-state index is 0.160. The molecule has 0 unspecified atom stereocenters. The minimum atomic E-state index is -0.395. The number of rotatable bonds is 2. The van der Waals surface area contributed by atoms with Crippen LogP contribution < -0.4 is 5.32 Å². The summed E-state index contributed by atoms with van der Waals surface area (Å²) in [6.07, 6.45) is 3.54. The van der Waals surface area contributed by atoms with Gasteiger partial charge in [0.25, 0.3) is 5.91 Å². The Labute approximate surface area is 112 Å². The zero-order valence-corrected chi connectivity index (χ0v) is 10.8. The van der Waals surface area contributed by atoms with Gasteiger partial charge in [-0.15, -0.1) is 11.3 Å². The summed E-state index contributed by atoms with van der Waals surface area (Å²) in [5, 5.41) is 3.43. The molecule has 0 saturated heterocycles. The smallest absolute Gasteiger partial charge is 0.348 e. The van der Waals surface area contributed by atoms with Crippen molar-refractivity contribution >= 4 is 39.9 Å². The number of methoxy groups -OCH3 is 1. The van der Waals surface area contributed by atoms with Crippen molar-refractivity contribution in [3.05, 3.63) is 40.5 Å². The molecule has 1 aliphatic heterocycles. The van der Waals surface area contributed by atoms with Crippen LogP contribution in [0.5, 0.6) is 0 Å². The number of thiophene rings is 1. The van der Waals surface area contributed by atoms with Crippen LogP contribution in [0.25, 0.3) is 11.6 Å². The zero-order chi connectivity index (χ0) is 13.4. The highest BCUT2D eigenvalue weighted by molar-refractivity contribution is 7.18. The molecule has 0 aromatic carbocycles. The Hall–Kier alpha value is -2.34. The van der Waals surface area contributed by atoms with E-state index in [1.807, 2.05) is 12.1 Å². The van der Waals surface area contributed by atoms with Crippen LogP contribution in [0.1, 0.15) is 20.9 Å². The van der Waals surface area contributed by atoms with Gasteiger partial charge in [0.05, 0.1) is 12.7 Å². The predicted octanol–water partition coefficient (Wildman–Crippen LogP) is 2.36. The molecular weight excluding hydrogens is 264 g/mol. The Bertz CT molecular complexity index is 683. The Morgan fingerprint density at radius 1 is 1.47 bits per heavy atom. The van der Waals surface area contributed by atoms with Crippen LogP contribution in [0.4, 0.5) is 5.00 Å². The fourth-order valence-corrected chi connectivity index (χ4v) is 2.90. The molecule has 0 aliphatic carbocycles. The number of H-pyrrole nitrogens is 1. The number of anilines is 1. The molecular formula is C13H10N2O3S. The maximum atomic E-state index is 11.9. The number of carbonyl (C=O) groups excluding carboxylic acids is 2. The van der Waals surface area contributed by atoms with Crippen LogP contribution in [0.3, 0.4) is 0 Å². The summed E-state index contributed by atoms with van der Waals surface area (Å²) < 4.78 is 4.67. The van der Waals surface area contributed by atoms with Gasteiger partial charge in [0.1, 0.15) is 9.88 Å².